The molecule has 0 saturated heterocycles. The first-order chi connectivity index (χ1) is 9.49. The van der Waals surface area contributed by atoms with E-state index in [-0.39, 0.29) is 11.9 Å². The van der Waals surface area contributed by atoms with E-state index in [1.54, 1.807) is 0 Å². The molecule has 1 N–H and O–H groups in total. The van der Waals surface area contributed by atoms with E-state index < -0.39 is 0 Å². The van der Waals surface area contributed by atoms with E-state index in [2.05, 4.69) is 50.4 Å². The van der Waals surface area contributed by atoms with Gasteiger partial charge in [-0.3, -0.25) is 4.79 Å². The van der Waals surface area contributed by atoms with Gasteiger partial charge in [-0.1, -0.05) is 43.7 Å². The summed E-state index contributed by atoms with van der Waals surface area (Å²) in [5.74, 6) is 0.457. The molecule has 0 aliphatic carbocycles. The van der Waals surface area contributed by atoms with Crippen LogP contribution in [0.1, 0.15) is 36.0 Å². The number of benzene rings is 1. The van der Waals surface area contributed by atoms with Crippen LogP contribution in [0.2, 0.25) is 0 Å². The first-order valence-corrected chi connectivity index (χ1v) is 7.82. The van der Waals surface area contributed by atoms with Crippen LogP contribution in [-0.2, 0) is 0 Å². The summed E-state index contributed by atoms with van der Waals surface area (Å²) < 4.78 is 0. The molecule has 0 saturated carbocycles. The summed E-state index contributed by atoms with van der Waals surface area (Å²) in [6.45, 7) is 8.33. The minimum Gasteiger partial charge on any atom is -0.349 e. The summed E-state index contributed by atoms with van der Waals surface area (Å²) in [5, 5.41) is 5.05. The summed E-state index contributed by atoms with van der Waals surface area (Å²) in [6, 6.07) is 10.5. The quantitative estimate of drug-likeness (QED) is 0.881. The number of carbonyl (C=O) groups is 1. The number of aryl methyl sites for hydroxylation is 1. The van der Waals surface area contributed by atoms with Crippen molar-refractivity contribution in [3.05, 3.63) is 46.2 Å². The number of hydrogen-bond acceptors (Lipinski definition) is 2. The van der Waals surface area contributed by atoms with Gasteiger partial charge in [-0.25, -0.2) is 0 Å². The number of hydrogen-bond donors (Lipinski definition) is 1. The average Bonchev–Trinajstić information content (AvgIpc) is 2.88. The molecule has 1 unspecified atom stereocenters. The molecule has 0 bridgehead atoms. The maximum absolute atomic E-state index is 12.4. The standard InChI is InChI=1S/C17H21NOS/c1-11(2)13(4)18-17(19)16-15(9-10-20-16)14-7-5-12(3)6-8-14/h5-11,13H,1-4H3,(H,18,19). The van der Waals surface area contributed by atoms with Crippen LogP contribution in [0.3, 0.4) is 0 Å². The minimum absolute atomic E-state index is 0.0248. The Labute approximate surface area is 124 Å². The monoisotopic (exact) mass is 287 g/mol. The second kappa shape index (κ2) is 6.23. The van der Waals surface area contributed by atoms with Gasteiger partial charge in [0.2, 0.25) is 0 Å². The predicted octanol–water partition coefficient (Wildman–Crippen LogP) is 4.50. The van der Waals surface area contributed by atoms with E-state index in [1.807, 2.05) is 18.4 Å². The van der Waals surface area contributed by atoms with Crippen molar-refractivity contribution >= 4 is 17.2 Å². The summed E-state index contributed by atoms with van der Waals surface area (Å²) in [4.78, 5) is 13.2. The molecule has 2 aromatic rings. The zero-order valence-electron chi connectivity index (χ0n) is 12.4. The Hall–Kier alpha value is -1.61. The maximum Gasteiger partial charge on any atom is 0.262 e. The van der Waals surface area contributed by atoms with Gasteiger partial charge in [0, 0.05) is 11.6 Å². The molecule has 3 heteroatoms. The molecule has 1 aromatic heterocycles. The van der Waals surface area contributed by atoms with Crippen molar-refractivity contribution in [1.29, 1.82) is 0 Å². The topological polar surface area (TPSA) is 29.1 Å². The predicted molar refractivity (Wildman–Crippen MR) is 86.3 cm³/mol. The fourth-order valence-electron chi connectivity index (χ4n) is 1.88. The van der Waals surface area contributed by atoms with Crippen molar-refractivity contribution in [2.45, 2.75) is 33.7 Å². The molecule has 20 heavy (non-hydrogen) atoms. The molecule has 1 atom stereocenters. The van der Waals surface area contributed by atoms with E-state index in [9.17, 15) is 4.79 Å². The van der Waals surface area contributed by atoms with Crippen molar-refractivity contribution in [2.24, 2.45) is 5.92 Å². The van der Waals surface area contributed by atoms with Gasteiger partial charge in [-0.15, -0.1) is 11.3 Å². The highest BCUT2D eigenvalue weighted by Gasteiger charge is 2.17. The van der Waals surface area contributed by atoms with E-state index in [4.69, 9.17) is 0 Å². The van der Waals surface area contributed by atoms with E-state index in [0.717, 1.165) is 16.0 Å². The summed E-state index contributed by atoms with van der Waals surface area (Å²) in [7, 11) is 0. The molecule has 1 heterocycles. The highest BCUT2D eigenvalue weighted by Crippen LogP contribution is 2.28. The third-order valence-electron chi connectivity index (χ3n) is 3.59. The van der Waals surface area contributed by atoms with Crippen LogP contribution in [0, 0.1) is 12.8 Å². The zero-order valence-corrected chi connectivity index (χ0v) is 13.3. The van der Waals surface area contributed by atoms with Crippen LogP contribution in [0.4, 0.5) is 0 Å². The Kier molecular flexibility index (Phi) is 4.61. The van der Waals surface area contributed by atoms with Gasteiger partial charge in [0.05, 0.1) is 4.88 Å². The van der Waals surface area contributed by atoms with Gasteiger partial charge >= 0.3 is 0 Å². The fraction of sp³-hybridized carbons (Fsp3) is 0.353. The zero-order chi connectivity index (χ0) is 14.7. The second-order valence-corrected chi connectivity index (χ2v) is 6.45. The van der Waals surface area contributed by atoms with Crippen LogP contribution in [0.25, 0.3) is 11.1 Å². The minimum atomic E-state index is 0.0248. The molecular weight excluding hydrogens is 266 g/mol. The molecule has 0 fully saturated rings. The fourth-order valence-corrected chi connectivity index (χ4v) is 2.70. The lowest BCUT2D eigenvalue weighted by atomic mass is 10.0. The van der Waals surface area contributed by atoms with Gasteiger partial charge in [0.25, 0.3) is 5.91 Å². The van der Waals surface area contributed by atoms with Crippen LogP contribution >= 0.6 is 11.3 Å². The van der Waals surface area contributed by atoms with Crippen LogP contribution < -0.4 is 5.32 Å². The Bertz CT molecular complexity index is 583. The van der Waals surface area contributed by atoms with Crippen LogP contribution in [-0.4, -0.2) is 11.9 Å². The second-order valence-electron chi connectivity index (χ2n) is 5.54. The normalized spacial score (nSPS) is 12.4. The van der Waals surface area contributed by atoms with Crippen molar-refractivity contribution in [2.75, 3.05) is 0 Å². The van der Waals surface area contributed by atoms with Crippen molar-refractivity contribution in [3.8, 4) is 11.1 Å². The van der Waals surface area contributed by atoms with Gasteiger partial charge in [-0.05, 0) is 36.8 Å². The molecule has 2 rings (SSSR count). The van der Waals surface area contributed by atoms with Gasteiger partial charge in [-0.2, -0.15) is 0 Å². The Balaban J connectivity index is 2.24. The highest BCUT2D eigenvalue weighted by molar-refractivity contribution is 7.12. The summed E-state index contributed by atoms with van der Waals surface area (Å²) in [5.41, 5.74) is 3.34. The van der Waals surface area contributed by atoms with Crippen molar-refractivity contribution in [1.82, 2.24) is 5.32 Å². The highest BCUT2D eigenvalue weighted by atomic mass is 32.1. The summed E-state index contributed by atoms with van der Waals surface area (Å²) >= 11 is 1.50. The van der Waals surface area contributed by atoms with Crippen LogP contribution in [0.5, 0.6) is 0 Å². The van der Waals surface area contributed by atoms with Crippen molar-refractivity contribution < 1.29 is 4.79 Å². The number of carbonyl (C=O) groups excluding carboxylic acids is 1. The van der Waals surface area contributed by atoms with Crippen LogP contribution in [0.15, 0.2) is 35.7 Å². The Morgan fingerprint density at radius 2 is 1.75 bits per heavy atom. The lowest BCUT2D eigenvalue weighted by molar-refractivity contribution is 0.0935. The SMILES string of the molecule is Cc1ccc(-c2ccsc2C(=O)NC(C)C(C)C)cc1. The van der Waals surface area contributed by atoms with Gasteiger partial charge < -0.3 is 5.32 Å². The molecule has 0 radical (unpaired) electrons. The first kappa shape index (κ1) is 14.8. The van der Waals surface area contributed by atoms with Gasteiger partial charge in [0.1, 0.15) is 0 Å². The van der Waals surface area contributed by atoms with E-state index in [1.165, 1.54) is 16.9 Å². The van der Waals surface area contributed by atoms with E-state index in [0.29, 0.717) is 5.92 Å². The van der Waals surface area contributed by atoms with Crippen molar-refractivity contribution in [3.63, 3.8) is 0 Å². The molecular formula is C17H21NOS. The maximum atomic E-state index is 12.4. The lowest BCUT2D eigenvalue weighted by Crippen LogP contribution is -2.35. The first-order valence-electron chi connectivity index (χ1n) is 6.94. The average molecular weight is 287 g/mol. The van der Waals surface area contributed by atoms with E-state index >= 15 is 0 Å². The molecule has 1 amide bonds. The number of amides is 1. The number of nitrogens with one attached hydrogen (secondary N) is 1. The Morgan fingerprint density at radius 3 is 2.35 bits per heavy atom. The molecule has 0 aliphatic heterocycles. The molecule has 0 spiro atoms. The molecule has 0 aliphatic rings. The summed E-state index contributed by atoms with van der Waals surface area (Å²) in [6.07, 6.45) is 0. The number of rotatable bonds is 4. The lowest BCUT2D eigenvalue weighted by Gasteiger charge is -2.17. The van der Waals surface area contributed by atoms with Gasteiger partial charge in [0.15, 0.2) is 0 Å². The molecule has 2 nitrogen and oxygen atoms in total. The Morgan fingerprint density at radius 1 is 1.10 bits per heavy atom. The number of thiophene rings is 1. The molecule has 106 valence electrons. The smallest absolute Gasteiger partial charge is 0.262 e. The third kappa shape index (κ3) is 3.28. The molecule has 1 aromatic carbocycles. The largest absolute Gasteiger partial charge is 0.349 e. The third-order valence-corrected chi connectivity index (χ3v) is 4.51.